The highest BCUT2D eigenvalue weighted by atomic mass is 32.1. The zero-order valence-corrected chi connectivity index (χ0v) is 17.5. The molecule has 1 aliphatic rings. The van der Waals surface area contributed by atoms with Crippen molar-refractivity contribution in [1.29, 1.82) is 0 Å². The van der Waals surface area contributed by atoms with Gasteiger partial charge in [0.05, 0.1) is 0 Å². The topological polar surface area (TPSA) is 55.3 Å². The second kappa shape index (κ2) is 8.48. The summed E-state index contributed by atoms with van der Waals surface area (Å²) in [6, 6.07) is 2.09. The summed E-state index contributed by atoms with van der Waals surface area (Å²) in [4.78, 5) is 25.0. The van der Waals surface area contributed by atoms with Gasteiger partial charge in [0.15, 0.2) is 0 Å². The number of aryl methyl sites for hydroxylation is 1. The van der Waals surface area contributed by atoms with Gasteiger partial charge in [0, 0.05) is 36.2 Å². The molecule has 3 heterocycles. The van der Waals surface area contributed by atoms with Gasteiger partial charge in [0.1, 0.15) is 17.1 Å². The number of ether oxygens (including phenoxy) is 1. The quantitative estimate of drug-likeness (QED) is 0.748. The summed E-state index contributed by atoms with van der Waals surface area (Å²) in [6.07, 6.45) is 5.80. The largest absolute Gasteiger partial charge is 0.471 e. The third kappa shape index (κ3) is 5.59. The number of ketones is 1. The van der Waals surface area contributed by atoms with Gasteiger partial charge in [-0.3, -0.25) is 14.7 Å². The Balaban J connectivity index is 1.54. The molecule has 1 fully saturated rings. The number of carbonyl (C=O) groups is 1. The van der Waals surface area contributed by atoms with Gasteiger partial charge in [-0.25, -0.2) is 4.98 Å². The number of piperidine rings is 1. The van der Waals surface area contributed by atoms with E-state index >= 15 is 0 Å². The summed E-state index contributed by atoms with van der Waals surface area (Å²) in [5.41, 5.74) is 1.80. The van der Waals surface area contributed by atoms with Crippen LogP contribution in [0.2, 0.25) is 0 Å². The summed E-state index contributed by atoms with van der Waals surface area (Å²) in [5, 5.41) is 2.07. The van der Waals surface area contributed by atoms with Crippen molar-refractivity contribution in [3.8, 4) is 5.88 Å². The Hall–Kier alpha value is -1.79. The van der Waals surface area contributed by atoms with Crippen LogP contribution in [-0.2, 0) is 17.8 Å². The molecule has 146 valence electrons. The Morgan fingerprint density at radius 1 is 1.26 bits per heavy atom. The first kappa shape index (κ1) is 20.0. The maximum Gasteiger partial charge on any atom is 0.237 e. The van der Waals surface area contributed by atoms with Gasteiger partial charge >= 0.3 is 0 Å². The van der Waals surface area contributed by atoms with E-state index in [1.54, 1.807) is 23.7 Å². The lowest BCUT2D eigenvalue weighted by atomic mass is 9.90. The van der Waals surface area contributed by atoms with Crippen LogP contribution in [-0.4, -0.2) is 39.3 Å². The number of likely N-dealkylation sites (tertiary alicyclic amines) is 1. The predicted octanol–water partition coefficient (Wildman–Crippen LogP) is 4.05. The second-order valence-corrected chi connectivity index (χ2v) is 9.24. The van der Waals surface area contributed by atoms with Crippen LogP contribution in [0.4, 0.5) is 0 Å². The number of aromatic nitrogens is 2. The Kier molecular flexibility index (Phi) is 6.27. The van der Waals surface area contributed by atoms with Crippen molar-refractivity contribution in [3.63, 3.8) is 0 Å². The van der Waals surface area contributed by atoms with E-state index in [-0.39, 0.29) is 11.5 Å². The predicted molar refractivity (Wildman–Crippen MR) is 108 cm³/mol. The van der Waals surface area contributed by atoms with Crippen LogP contribution in [0.1, 0.15) is 49.7 Å². The van der Waals surface area contributed by atoms with Gasteiger partial charge in [-0.15, -0.1) is 11.3 Å². The number of hydrogen-bond donors (Lipinski definition) is 0. The molecule has 0 amide bonds. The van der Waals surface area contributed by atoms with Crippen molar-refractivity contribution in [1.82, 2.24) is 14.9 Å². The molecule has 6 heteroatoms. The van der Waals surface area contributed by atoms with Crippen LogP contribution >= 0.6 is 11.3 Å². The molecule has 0 atom stereocenters. The molecular weight excluding hydrogens is 358 g/mol. The molecule has 2 aromatic rings. The first-order valence-electron chi connectivity index (χ1n) is 9.59. The van der Waals surface area contributed by atoms with Crippen LogP contribution in [0, 0.1) is 12.8 Å². The third-order valence-corrected chi connectivity index (χ3v) is 5.88. The van der Waals surface area contributed by atoms with E-state index in [0.717, 1.165) is 31.6 Å². The molecule has 0 radical (unpaired) electrons. The summed E-state index contributed by atoms with van der Waals surface area (Å²) in [7, 11) is 0. The van der Waals surface area contributed by atoms with Crippen molar-refractivity contribution in [2.45, 2.75) is 59.1 Å². The zero-order chi connectivity index (χ0) is 19.4. The number of carbonyl (C=O) groups excluding carboxylic acids is 1. The Labute approximate surface area is 165 Å². The lowest BCUT2D eigenvalue weighted by Gasteiger charge is -2.31. The average molecular weight is 388 g/mol. The second-order valence-electron chi connectivity index (χ2n) is 8.24. The number of nitrogens with zero attached hydrogens (tertiary/aromatic N) is 3. The molecule has 5 nitrogen and oxygen atoms in total. The summed E-state index contributed by atoms with van der Waals surface area (Å²) < 4.78 is 5.95. The first-order valence-corrected chi connectivity index (χ1v) is 10.5. The monoisotopic (exact) mass is 387 g/mol. The van der Waals surface area contributed by atoms with Crippen LogP contribution in [0.3, 0.4) is 0 Å². The molecule has 0 N–H and O–H groups in total. The highest BCUT2D eigenvalue weighted by Gasteiger charge is 2.26. The van der Waals surface area contributed by atoms with E-state index in [1.165, 1.54) is 10.4 Å². The van der Waals surface area contributed by atoms with Gasteiger partial charge in [0.25, 0.3) is 0 Å². The molecule has 0 spiro atoms. The van der Waals surface area contributed by atoms with Gasteiger partial charge in [-0.1, -0.05) is 0 Å². The molecule has 0 aromatic carbocycles. The van der Waals surface area contributed by atoms with Crippen molar-refractivity contribution >= 4 is 17.1 Å². The number of thiophene rings is 1. The van der Waals surface area contributed by atoms with Gasteiger partial charge in [-0.05, 0) is 70.6 Å². The Morgan fingerprint density at radius 3 is 2.59 bits per heavy atom. The molecule has 0 saturated carbocycles. The fraction of sp³-hybridized carbons (Fsp3) is 0.571. The van der Waals surface area contributed by atoms with E-state index in [4.69, 9.17) is 4.74 Å². The van der Waals surface area contributed by atoms with E-state index in [2.05, 4.69) is 33.2 Å². The molecular formula is C21H29N3O2S. The minimum atomic E-state index is -0.301. The molecule has 3 rings (SSSR count). The third-order valence-electron chi connectivity index (χ3n) is 4.86. The summed E-state index contributed by atoms with van der Waals surface area (Å²) >= 11 is 1.69. The molecule has 1 aliphatic heterocycles. The van der Waals surface area contributed by atoms with E-state index in [0.29, 0.717) is 24.6 Å². The average Bonchev–Trinajstić information content (AvgIpc) is 3.01. The first-order chi connectivity index (χ1) is 12.8. The van der Waals surface area contributed by atoms with Crippen LogP contribution in [0.25, 0.3) is 0 Å². The standard InChI is InChI=1S/C21H29N3O2S/c1-15-7-12-27-19(15)13-18(25)16-5-10-24(11-6-16)14-17-20(23-9-8-22-17)26-21(2,3)4/h7-9,12,16H,5-6,10-11,13-14H2,1-4H3. The maximum atomic E-state index is 12.6. The molecule has 0 unspecified atom stereocenters. The zero-order valence-electron chi connectivity index (χ0n) is 16.7. The number of rotatable bonds is 6. The van der Waals surface area contributed by atoms with Crippen molar-refractivity contribution in [2.24, 2.45) is 5.92 Å². The SMILES string of the molecule is Cc1ccsc1CC(=O)C1CCN(Cc2nccnc2OC(C)(C)C)CC1. The number of Topliss-reactive ketones (excluding diaryl/α,β-unsaturated/α-hetero) is 1. The van der Waals surface area contributed by atoms with Crippen LogP contribution < -0.4 is 4.74 Å². The molecule has 27 heavy (non-hydrogen) atoms. The minimum absolute atomic E-state index is 0.176. The van der Waals surface area contributed by atoms with Gasteiger partial charge < -0.3 is 4.74 Å². The van der Waals surface area contributed by atoms with Crippen molar-refractivity contribution in [3.05, 3.63) is 40.0 Å². The number of hydrogen-bond acceptors (Lipinski definition) is 6. The molecule has 1 saturated heterocycles. The van der Waals surface area contributed by atoms with E-state index < -0.39 is 0 Å². The van der Waals surface area contributed by atoms with Crippen LogP contribution in [0.5, 0.6) is 5.88 Å². The van der Waals surface area contributed by atoms with Crippen molar-refractivity contribution in [2.75, 3.05) is 13.1 Å². The highest BCUT2D eigenvalue weighted by molar-refractivity contribution is 7.10. The highest BCUT2D eigenvalue weighted by Crippen LogP contribution is 2.25. The van der Waals surface area contributed by atoms with Crippen molar-refractivity contribution < 1.29 is 9.53 Å². The molecule has 2 aromatic heterocycles. The Bertz CT molecular complexity index is 774. The summed E-state index contributed by atoms with van der Waals surface area (Å²) in [5.74, 6) is 1.17. The molecule has 0 bridgehead atoms. The van der Waals surface area contributed by atoms with Crippen LogP contribution in [0.15, 0.2) is 23.8 Å². The van der Waals surface area contributed by atoms with Gasteiger partial charge in [0.2, 0.25) is 5.88 Å². The maximum absolute atomic E-state index is 12.6. The Morgan fingerprint density at radius 2 is 1.96 bits per heavy atom. The normalized spacial score (nSPS) is 16.4. The molecule has 0 aliphatic carbocycles. The lowest BCUT2D eigenvalue weighted by molar-refractivity contribution is -0.123. The smallest absolute Gasteiger partial charge is 0.237 e. The van der Waals surface area contributed by atoms with E-state index in [9.17, 15) is 4.79 Å². The van der Waals surface area contributed by atoms with Gasteiger partial charge in [-0.2, -0.15) is 0 Å². The summed E-state index contributed by atoms with van der Waals surface area (Å²) in [6.45, 7) is 10.6. The van der Waals surface area contributed by atoms with E-state index in [1.807, 2.05) is 20.8 Å². The lowest BCUT2D eigenvalue weighted by Crippen LogP contribution is -2.37. The fourth-order valence-electron chi connectivity index (χ4n) is 3.35. The minimum Gasteiger partial charge on any atom is -0.471 e. The fourth-order valence-corrected chi connectivity index (χ4v) is 4.27.